The Hall–Kier alpha value is -2.67. The third kappa shape index (κ3) is 3.77. The third-order valence-electron chi connectivity index (χ3n) is 4.88. The van der Waals surface area contributed by atoms with Gasteiger partial charge in [0.25, 0.3) is 5.91 Å². The highest BCUT2D eigenvalue weighted by atomic mass is 19.1. The Kier molecular flexibility index (Phi) is 5.37. The molecule has 1 saturated carbocycles. The van der Waals surface area contributed by atoms with Gasteiger partial charge in [-0.3, -0.25) is 9.59 Å². The molecule has 0 saturated heterocycles. The van der Waals surface area contributed by atoms with Crippen LogP contribution in [-0.4, -0.2) is 18.4 Å². The van der Waals surface area contributed by atoms with Gasteiger partial charge in [-0.25, -0.2) is 4.39 Å². The summed E-state index contributed by atoms with van der Waals surface area (Å²) in [5.41, 5.74) is 6.48. The van der Waals surface area contributed by atoms with Crippen LogP contribution in [0.15, 0.2) is 34.9 Å². The van der Waals surface area contributed by atoms with Crippen LogP contribution in [-0.2, 0) is 4.79 Å². The summed E-state index contributed by atoms with van der Waals surface area (Å²) in [6.07, 6.45) is 4.13. The van der Waals surface area contributed by atoms with Crippen molar-refractivity contribution in [3.63, 3.8) is 0 Å². The molecule has 1 aliphatic rings. The minimum absolute atomic E-state index is 0.00445. The molecule has 0 spiro atoms. The molecule has 1 fully saturated rings. The van der Waals surface area contributed by atoms with Crippen molar-refractivity contribution in [2.75, 3.05) is 17.2 Å². The predicted molar refractivity (Wildman–Crippen MR) is 96.3 cm³/mol. The van der Waals surface area contributed by atoms with Gasteiger partial charge in [0.05, 0.1) is 17.5 Å². The Morgan fingerprint density at radius 2 is 2.08 bits per heavy atom. The highest BCUT2D eigenvalue weighted by Crippen LogP contribution is 2.32. The van der Waals surface area contributed by atoms with Crippen molar-refractivity contribution in [2.24, 2.45) is 17.6 Å². The number of hydrogen-bond acceptors (Lipinski definition) is 4. The standard InChI is InChI=1S/C19H22FN3O3/c1-11-14(7-8-26-11)18(24)23-17-9-13(5-6-16(17)20)22-19(25)15-4-2-3-12(15)10-21/h5-9,12,15H,2-4,10,21H2,1H3,(H,22,25)(H,23,24)/t12-,15-/m1/s1. The number of aryl methyl sites for hydroxylation is 1. The van der Waals surface area contributed by atoms with Gasteiger partial charge in [0.15, 0.2) is 0 Å². The molecule has 1 aliphatic carbocycles. The molecule has 0 radical (unpaired) electrons. The number of furan rings is 1. The van der Waals surface area contributed by atoms with Crippen LogP contribution in [0.4, 0.5) is 15.8 Å². The number of nitrogens with one attached hydrogen (secondary N) is 2. The van der Waals surface area contributed by atoms with Crippen molar-refractivity contribution in [3.05, 3.63) is 47.7 Å². The Bertz CT molecular complexity index is 818. The Labute approximate surface area is 150 Å². The van der Waals surface area contributed by atoms with Crippen molar-refractivity contribution < 1.29 is 18.4 Å². The summed E-state index contributed by atoms with van der Waals surface area (Å²) >= 11 is 0. The van der Waals surface area contributed by atoms with E-state index in [4.69, 9.17) is 10.2 Å². The second-order valence-corrected chi connectivity index (χ2v) is 6.56. The number of hydrogen-bond donors (Lipinski definition) is 3. The van der Waals surface area contributed by atoms with E-state index in [-0.39, 0.29) is 23.4 Å². The zero-order valence-corrected chi connectivity index (χ0v) is 14.5. The van der Waals surface area contributed by atoms with Gasteiger partial charge >= 0.3 is 0 Å². The molecule has 26 heavy (non-hydrogen) atoms. The molecule has 7 heteroatoms. The van der Waals surface area contributed by atoms with E-state index in [1.807, 2.05) is 0 Å². The van der Waals surface area contributed by atoms with Gasteiger partial charge in [-0.05, 0) is 56.5 Å². The van der Waals surface area contributed by atoms with Crippen LogP contribution in [0.1, 0.15) is 35.4 Å². The molecular weight excluding hydrogens is 337 g/mol. The van der Waals surface area contributed by atoms with Gasteiger partial charge in [-0.15, -0.1) is 0 Å². The summed E-state index contributed by atoms with van der Waals surface area (Å²) < 4.78 is 19.1. The van der Waals surface area contributed by atoms with Crippen molar-refractivity contribution in [1.29, 1.82) is 0 Å². The SMILES string of the molecule is Cc1occc1C(=O)Nc1cc(NC(=O)[C@@H]2CCC[C@@H]2CN)ccc1F. The minimum atomic E-state index is -0.585. The van der Waals surface area contributed by atoms with E-state index in [1.165, 1.54) is 30.5 Å². The summed E-state index contributed by atoms with van der Waals surface area (Å²) in [4.78, 5) is 24.7. The highest BCUT2D eigenvalue weighted by molar-refractivity contribution is 6.05. The van der Waals surface area contributed by atoms with Crippen LogP contribution in [0.3, 0.4) is 0 Å². The van der Waals surface area contributed by atoms with E-state index in [0.29, 0.717) is 23.6 Å². The lowest BCUT2D eigenvalue weighted by Crippen LogP contribution is -2.29. The molecule has 6 nitrogen and oxygen atoms in total. The first-order valence-corrected chi connectivity index (χ1v) is 8.65. The molecular formula is C19H22FN3O3. The van der Waals surface area contributed by atoms with E-state index in [0.717, 1.165) is 19.3 Å². The molecule has 1 heterocycles. The van der Waals surface area contributed by atoms with Gasteiger partial charge in [0, 0.05) is 11.6 Å². The lowest BCUT2D eigenvalue weighted by Gasteiger charge is -2.18. The number of nitrogens with two attached hydrogens (primary N) is 1. The van der Waals surface area contributed by atoms with E-state index >= 15 is 0 Å². The normalized spacial score (nSPS) is 19.3. The molecule has 0 unspecified atom stereocenters. The number of amides is 2. The minimum Gasteiger partial charge on any atom is -0.469 e. The zero-order valence-electron chi connectivity index (χ0n) is 14.5. The maximum Gasteiger partial charge on any atom is 0.259 e. The zero-order chi connectivity index (χ0) is 18.7. The lowest BCUT2D eigenvalue weighted by atomic mass is 9.95. The molecule has 2 amide bonds. The first-order valence-electron chi connectivity index (χ1n) is 8.65. The maximum atomic E-state index is 14.1. The first kappa shape index (κ1) is 18.1. The molecule has 1 aromatic heterocycles. The van der Waals surface area contributed by atoms with Gasteiger partial charge in [0.2, 0.25) is 5.91 Å². The fourth-order valence-corrected chi connectivity index (χ4v) is 3.41. The summed E-state index contributed by atoms with van der Waals surface area (Å²) in [6, 6.07) is 5.61. The fraction of sp³-hybridized carbons (Fsp3) is 0.368. The van der Waals surface area contributed by atoms with E-state index in [2.05, 4.69) is 10.6 Å². The van der Waals surface area contributed by atoms with Crippen molar-refractivity contribution in [2.45, 2.75) is 26.2 Å². The van der Waals surface area contributed by atoms with Crippen LogP contribution in [0.5, 0.6) is 0 Å². The van der Waals surface area contributed by atoms with Crippen LogP contribution < -0.4 is 16.4 Å². The quantitative estimate of drug-likeness (QED) is 0.763. The van der Waals surface area contributed by atoms with Crippen LogP contribution in [0, 0.1) is 24.6 Å². The number of anilines is 2. The Morgan fingerprint density at radius 3 is 2.77 bits per heavy atom. The van der Waals surface area contributed by atoms with Gasteiger partial charge < -0.3 is 20.8 Å². The van der Waals surface area contributed by atoms with Gasteiger partial charge in [-0.1, -0.05) is 6.42 Å². The Morgan fingerprint density at radius 1 is 1.27 bits per heavy atom. The summed E-state index contributed by atoms with van der Waals surface area (Å²) in [7, 11) is 0. The maximum absolute atomic E-state index is 14.1. The average Bonchev–Trinajstić information content (AvgIpc) is 3.26. The predicted octanol–water partition coefficient (Wildman–Crippen LogP) is 3.29. The first-order chi connectivity index (χ1) is 12.5. The third-order valence-corrected chi connectivity index (χ3v) is 4.88. The van der Waals surface area contributed by atoms with Crippen LogP contribution in [0.2, 0.25) is 0 Å². The molecule has 0 aliphatic heterocycles. The number of carbonyl (C=O) groups is 2. The van der Waals surface area contributed by atoms with Gasteiger partial charge in [0.1, 0.15) is 11.6 Å². The van der Waals surface area contributed by atoms with E-state index < -0.39 is 11.7 Å². The van der Waals surface area contributed by atoms with E-state index in [9.17, 15) is 14.0 Å². The largest absolute Gasteiger partial charge is 0.469 e. The lowest BCUT2D eigenvalue weighted by molar-refractivity contribution is -0.120. The number of rotatable bonds is 5. The second kappa shape index (κ2) is 7.70. The molecule has 2 atom stereocenters. The number of carbonyl (C=O) groups excluding carboxylic acids is 2. The van der Waals surface area contributed by atoms with Gasteiger partial charge in [-0.2, -0.15) is 0 Å². The number of halogens is 1. The van der Waals surface area contributed by atoms with Crippen molar-refractivity contribution in [3.8, 4) is 0 Å². The average molecular weight is 359 g/mol. The van der Waals surface area contributed by atoms with Crippen LogP contribution >= 0.6 is 0 Å². The summed E-state index contributed by atoms with van der Waals surface area (Å²) in [5, 5.41) is 5.32. The monoisotopic (exact) mass is 359 g/mol. The molecule has 1 aromatic carbocycles. The van der Waals surface area contributed by atoms with E-state index in [1.54, 1.807) is 6.92 Å². The summed E-state index contributed by atoms with van der Waals surface area (Å²) in [5.74, 6) is -0.680. The Balaban J connectivity index is 1.72. The molecule has 2 aromatic rings. The molecule has 3 rings (SSSR count). The molecule has 4 N–H and O–H groups in total. The second-order valence-electron chi connectivity index (χ2n) is 6.56. The summed E-state index contributed by atoms with van der Waals surface area (Å²) in [6.45, 7) is 2.13. The molecule has 138 valence electrons. The van der Waals surface area contributed by atoms with Crippen molar-refractivity contribution >= 4 is 23.2 Å². The smallest absolute Gasteiger partial charge is 0.259 e. The topological polar surface area (TPSA) is 97.4 Å². The number of benzene rings is 1. The highest BCUT2D eigenvalue weighted by Gasteiger charge is 2.32. The van der Waals surface area contributed by atoms with Crippen molar-refractivity contribution in [1.82, 2.24) is 0 Å². The molecule has 0 bridgehead atoms. The van der Waals surface area contributed by atoms with Crippen LogP contribution in [0.25, 0.3) is 0 Å². The fourth-order valence-electron chi connectivity index (χ4n) is 3.41.